The Balaban J connectivity index is 1.71. The van der Waals surface area contributed by atoms with E-state index in [1.807, 2.05) is 41.2 Å². The van der Waals surface area contributed by atoms with Gasteiger partial charge in [0.1, 0.15) is 12.4 Å². The largest absolute Gasteiger partial charge is 0.492 e. The van der Waals surface area contributed by atoms with Gasteiger partial charge in [-0.15, -0.1) is 0 Å². The second-order valence-corrected chi connectivity index (χ2v) is 4.45. The van der Waals surface area contributed by atoms with Gasteiger partial charge < -0.3 is 10.1 Å². The van der Waals surface area contributed by atoms with Crippen molar-refractivity contribution in [2.45, 2.75) is 26.4 Å². The molecule has 0 bridgehead atoms. The van der Waals surface area contributed by atoms with E-state index < -0.39 is 0 Å². The minimum Gasteiger partial charge on any atom is -0.492 e. The number of aromatic nitrogens is 2. The standard InChI is InChI=1S/C15H21N3O/c1-2-8-16-11-14-12-17-18(13-14)9-10-19-15-6-4-3-5-7-15/h3-7,12-13,16H,2,8-11H2,1H3. The predicted molar refractivity (Wildman–Crippen MR) is 76.2 cm³/mol. The Morgan fingerprint density at radius 2 is 2.11 bits per heavy atom. The third-order valence-electron chi connectivity index (χ3n) is 2.77. The van der Waals surface area contributed by atoms with Crippen LogP contribution in [0.4, 0.5) is 0 Å². The summed E-state index contributed by atoms with van der Waals surface area (Å²) in [6.45, 7) is 5.49. The fraction of sp³-hybridized carbons (Fsp3) is 0.400. The Labute approximate surface area is 114 Å². The van der Waals surface area contributed by atoms with E-state index in [-0.39, 0.29) is 0 Å². The number of ether oxygens (including phenoxy) is 1. The molecule has 0 unspecified atom stereocenters. The predicted octanol–water partition coefficient (Wildman–Crippen LogP) is 2.46. The SMILES string of the molecule is CCCNCc1cnn(CCOc2ccccc2)c1. The maximum Gasteiger partial charge on any atom is 0.119 e. The summed E-state index contributed by atoms with van der Waals surface area (Å²) in [6, 6.07) is 9.85. The number of hydrogen-bond donors (Lipinski definition) is 1. The van der Waals surface area contributed by atoms with Crippen LogP contribution in [0.15, 0.2) is 42.7 Å². The molecule has 1 aromatic carbocycles. The van der Waals surface area contributed by atoms with Gasteiger partial charge in [0.25, 0.3) is 0 Å². The molecule has 19 heavy (non-hydrogen) atoms. The van der Waals surface area contributed by atoms with Crippen LogP contribution in [0.2, 0.25) is 0 Å². The Kier molecular flexibility index (Phi) is 5.44. The summed E-state index contributed by atoms with van der Waals surface area (Å²) in [7, 11) is 0. The lowest BCUT2D eigenvalue weighted by Crippen LogP contribution is -2.13. The number of para-hydroxylation sites is 1. The molecule has 0 saturated heterocycles. The minimum atomic E-state index is 0.632. The molecule has 0 saturated carbocycles. The lowest BCUT2D eigenvalue weighted by Gasteiger charge is -2.05. The molecule has 4 nitrogen and oxygen atoms in total. The van der Waals surface area contributed by atoms with Crippen LogP contribution in [0.3, 0.4) is 0 Å². The van der Waals surface area contributed by atoms with Crippen molar-refractivity contribution in [1.82, 2.24) is 15.1 Å². The zero-order valence-electron chi connectivity index (χ0n) is 11.4. The van der Waals surface area contributed by atoms with Crippen LogP contribution in [-0.4, -0.2) is 22.9 Å². The van der Waals surface area contributed by atoms with Crippen molar-refractivity contribution >= 4 is 0 Å². The summed E-state index contributed by atoms with van der Waals surface area (Å²) in [5, 5.41) is 7.68. The molecule has 4 heteroatoms. The van der Waals surface area contributed by atoms with Crippen LogP contribution in [0.1, 0.15) is 18.9 Å². The Morgan fingerprint density at radius 1 is 1.26 bits per heavy atom. The van der Waals surface area contributed by atoms with Crippen molar-refractivity contribution in [2.24, 2.45) is 0 Å². The fourth-order valence-electron chi connectivity index (χ4n) is 1.80. The van der Waals surface area contributed by atoms with E-state index in [1.165, 1.54) is 5.56 Å². The first kappa shape index (κ1) is 13.6. The number of hydrogen-bond acceptors (Lipinski definition) is 3. The summed E-state index contributed by atoms with van der Waals surface area (Å²) >= 11 is 0. The van der Waals surface area contributed by atoms with Crippen LogP contribution < -0.4 is 10.1 Å². The molecule has 102 valence electrons. The second kappa shape index (κ2) is 7.59. The van der Waals surface area contributed by atoms with E-state index in [2.05, 4.69) is 23.5 Å². The molecular formula is C15H21N3O. The number of nitrogens with zero attached hydrogens (tertiary/aromatic N) is 2. The molecule has 0 radical (unpaired) electrons. The number of rotatable bonds is 8. The Hall–Kier alpha value is -1.81. The normalized spacial score (nSPS) is 10.6. The monoisotopic (exact) mass is 259 g/mol. The second-order valence-electron chi connectivity index (χ2n) is 4.45. The molecule has 1 aromatic heterocycles. The molecule has 2 aromatic rings. The van der Waals surface area contributed by atoms with Gasteiger partial charge in [-0.2, -0.15) is 5.10 Å². The number of benzene rings is 1. The molecule has 0 amide bonds. The molecule has 0 fully saturated rings. The molecule has 0 aliphatic heterocycles. The van der Waals surface area contributed by atoms with Crippen molar-refractivity contribution in [3.05, 3.63) is 48.3 Å². The number of nitrogens with one attached hydrogen (secondary N) is 1. The van der Waals surface area contributed by atoms with Crippen molar-refractivity contribution in [1.29, 1.82) is 0 Å². The lowest BCUT2D eigenvalue weighted by molar-refractivity contribution is 0.291. The van der Waals surface area contributed by atoms with Crippen LogP contribution in [-0.2, 0) is 13.1 Å². The highest BCUT2D eigenvalue weighted by Crippen LogP contribution is 2.08. The zero-order chi connectivity index (χ0) is 13.3. The molecule has 1 N–H and O–H groups in total. The van der Waals surface area contributed by atoms with Crippen LogP contribution in [0.25, 0.3) is 0 Å². The van der Waals surface area contributed by atoms with Gasteiger partial charge in [0.2, 0.25) is 0 Å². The van der Waals surface area contributed by atoms with Crippen molar-refractivity contribution in [3.8, 4) is 5.75 Å². The maximum atomic E-state index is 5.64. The van der Waals surface area contributed by atoms with Crippen molar-refractivity contribution in [3.63, 3.8) is 0 Å². The lowest BCUT2D eigenvalue weighted by atomic mass is 10.3. The summed E-state index contributed by atoms with van der Waals surface area (Å²) in [5.74, 6) is 0.902. The van der Waals surface area contributed by atoms with Gasteiger partial charge in [0.05, 0.1) is 12.7 Å². The summed E-state index contributed by atoms with van der Waals surface area (Å²) in [6.07, 6.45) is 5.13. The Bertz CT molecular complexity index is 467. The van der Waals surface area contributed by atoms with Gasteiger partial charge in [-0.25, -0.2) is 0 Å². The van der Waals surface area contributed by atoms with Gasteiger partial charge in [0, 0.05) is 18.3 Å². The minimum absolute atomic E-state index is 0.632. The van der Waals surface area contributed by atoms with E-state index >= 15 is 0 Å². The van der Waals surface area contributed by atoms with Crippen LogP contribution in [0.5, 0.6) is 5.75 Å². The van der Waals surface area contributed by atoms with Gasteiger partial charge >= 0.3 is 0 Å². The van der Waals surface area contributed by atoms with Crippen LogP contribution >= 0.6 is 0 Å². The van der Waals surface area contributed by atoms with Crippen molar-refractivity contribution < 1.29 is 4.74 Å². The summed E-state index contributed by atoms with van der Waals surface area (Å²) < 4.78 is 7.56. The topological polar surface area (TPSA) is 39.1 Å². The molecule has 0 aliphatic carbocycles. The van der Waals surface area contributed by atoms with E-state index in [9.17, 15) is 0 Å². The highest BCUT2D eigenvalue weighted by atomic mass is 16.5. The van der Waals surface area contributed by atoms with Gasteiger partial charge in [-0.3, -0.25) is 4.68 Å². The average molecular weight is 259 g/mol. The van der Waals surface area contributed by atoms with Crippen molar-refractivity contribution in [2.75, 3.05) is 13.2 Å². The summed E-state index contributed by atoms with van der Waals surface area (Å²) in [5.41, 5.74) is 1.22. The molecule has 1 heterocycles. The molecule has 0 aliphatic rings. The third-order valence-corrected chi connectivity index (χ3v) is 2.77. The molecule has 0 spiro atoms. The van der Waals surface area contributed by atoms with E-state index in [1.54, 1.807) is 0 Å². The molecule has 2 rings (SSSR count). The van der Waals surface area contributed by atoms with E-state index in [0.717, 1.165) is 31.8 Å². The highest BCUT2D eigenvalue weighted by Gasteiger charge is 1.98. The molecule has 0 atom stereocenters. The summed E-state index contributed by atoms with van der Waals surface area (Å²) in [4.78, 5) is 0. The van der Waals surface area contributed by atoms with Gasteiger partial charge in [-0.1, -0.05) is 25.1 Å². The Morgan fingerprint density at radius 3 is 2.89 bits per heavy atom. The third kappa shape index (κ3) is 4.75. The van der Waals surface area contributed by atoms with E-state index in [0.29, 0.717) is 6.61 Å². The first-order chi connectivity index (χ1) is 9.38. The average Bonchev–Trinajstić information content (AvgIpc) is 2.88. The van der Waals surface area contributed by atoms with Gasteiger partial charge in [-0.05, 0) is 25.1 Å². The highest BCUT2D eigenvalue weighted by molar-refractivity contribution is 5.20. The smallest absolute Gasteiger partial charge is 0.119 e. The first-order valence-electron chi connectivity index (χ1n) is 6.78. The zero-order valence-corrected chi connectivity index (χ0v) is 11.4. The van der Waals surface area contributed by atoms with Crippen LogP contribution in [0, 0.1) is 0 Å². The van der Waals surface area contributed by atoms with Gasteiger partial charge in [0.15, 0.2) is 0 Å². The fourth-order valence-corrected chi connectivity index (χ4v) is 1.80. The molecular weight excluding hydrogens is 238 g/mol. The quantitative estimate of drug-likeness (QED) is 0.740. The van der Waals surface area contributed by atoms with E-state index in [4.69, 9.17) is 4.74 Å². The maximum absolute atomic E-state index is 5.64. The first-order valence-corrected chi connectivity index (χ1v) is 6.78.